The van der Waals surface area contributed by atoms with Gasteiger partial charge in [-0.15, -0.1) is 0 Å². The van der Waals surface area contributed by atoms with Gasteiger partial charge >= 0.3 is 0 Å². The van der Waals surface area contributed by atoms with Crippen molar-refractivity contribution < 1.29 is 4.79 Å². The van der Waals surface area contributed by atoms with Crippen LogP contribution in [0.2, 0.25) is 5.02 Å². The van der Waals surface area contributed by atoms with Crippen LogP contribution >= 0.6 is 11.6 Å². The molecule has 15 heavy (non-hydrogen) atoms. The van der Waals surface area contributed by atoms with E-state index in [0.29, 0.717) is 11.6 Å². The van der Waals surface area contributed by atoms with Gasteiger partial charge in [0.25, 0.3) is 0 Å². The van der Waals surface area contributed by atoms with Gasteiger partial charge in [0.1, 0.15) is 0 Å². The standard InChI is InChI=1S/C11H13ClN2O/c1-6-5-13-9-4-3-8(12)7(2)10(9)14-11(6)15/h3-4,6,13H,5H2,1-2H3,(H,14,15). The lowest BCUT2D eigenvalue weighted by atomic mass is 10.1. The van der Waals surface area contributed by atoms with Crippen LogP contribution in [0.25, 0.3) is 0 Å². The largest absolute Gasteiger partial charge is 0.383 e. The third kappa shape index (κ3) is 1.79. The Balaban J connectivity index is 2.48. The fraction of sp³-hybridized carbons (Fsp3) is 0.364. The molecule has 0 fully saturated rings. The number of halogens is 1. The van der Waals surface area contributed by atoms with E-state index in [1.165, 1.54) is 0 Å². The molecule has 0 aliphatic carbocycles. The van der Waals surface area contributed by atoms with Crippen LogP contribution in [0.3, 0.4) is 0 Å². The average molecular weight is 225 g/mol. The van der Waals surface area contributed by atoms with Crippen molar-refractivity contribution >= 4 is 28.9 Å². The van der Waals surface area contributed by atoms with Gasteiger partial charge in [-0.05, 0) is 24.6 Å². The highest BCUT2D eigenvalue weighted by atomic mass is 35.5. The molecule has 1 aromatic rings. The summed E-state index contributed by atoms with van der Waals surface area (Å²) >= 11 is 6.00. The van der Waals surface area contributed by atoms with Crippen LogP contribution < -0.4 is 10.6 Å². The average Bonchev–Trinajstić information content (AvgIpc) is 2.35. The molecule has 1 unspecified atom stereocenters. The Morgan fingerprint density at radius 3 is 2.93 bits per heavy atom. The van der Waals surface area contributed by atoms with Crippen LogP contribution in [0.15, 0.2) is 12.1 Å². The van der Waals surface area contributed by atoms with Crippen LogP contribution in [0.1, 0.15) is 12.5 Å². The summed E-state index contributed by atoms with van der Waals surface area (Å²) in [5, 5.41) is 6.80. The Bertz CT molecular complexity index is 417. The SMILES string of the molecule is Cc1c(Cl)ccc2c1NC(=O)C(C)CN2. The molecule has 1 aliphatic rings. The highest BCUT2D eigenvalue weighted by Crippen LogP contribution is 2.33. The van der Waals surface area contributed by atoms with Crippen LogP contribution in [-0.2, 0) is 4.79 Å². The van der Waals surface area contributed by atoms with Crippen molar-refractivity contribution in [2.75, 3.05) is 17.2 Å². The molecule has 1 amide bonds. The maximum Gasteiger partial charge on any atom is 0.229 e. The lowest BCUT2D eigenvalue weighted by Gasteiger charge is -2.11. The molecular formula is C11H13ClN2O. The zero-order chi connectivity index (χ0) is 11.0. The van der Waals surface area contributed by atoms with Gasteiger partial charge in [0, 0.05) is 11.6 Å². The maximum atomic E-state index is 11.6. The summed E-state index contributed by atoms with van der Waals surface area (Å²) in [7, 11) is 0. The topological polar surface area (TPSA) is 41.1 Å². The molecule has 2 N–H and O–H groups in total. The number of rotatable bonds is 0. The highest BCUT2D eigenvalue weighted by Gasteiger charge is 2.20. The number of anilines is 2. The number of amides is 1. The van der Waals surface area contributed by atoms with E-state index in [2.05, 4.69) is 10.6 Å². The molecular weight excluding hydrogens is 212 g/mol. The summed E-state index contributed by atoms with van der Waals surface area (Å²) in [5.41, 5.74) is 2.65. The minimum atomic E-state index is -0.0319. The quantitative estimate of drug-likeness (QED) is 0.712. The molecule has 0 saturated heterocycles. The fourth-order valence-electron chi connectivity index (χ4n) is 1.60. The predicted octanol–water partition coefficient (Wildman–Crippen LogP) is 2.65. The van der Waals surface area contributed by atoms with Gasteiger partial charge in [-0.25, -0.2) is 0 Å². The van der Waals surface area contributed by atoms with Crippen molar-refractivity contribution in [3.8, 4) is 0 Å². The van der Waals surface area contributed by atoms with Gasteiger partial charge < -0.3 is 10.6 Å². The number of fused-ring (bicyclic) bond motifs is 1. The molecule has 3 nitrogen and oxygen atoms in total. The molecule has 0 bridgehead atoms. The minimum absolute atomic E-state index is 0.0319. The summed E-state index contributed by atoms with van der Waals surface area (Å²) < 4.78 is 0. The molecule has 0 aromatic heterocycles. The lowest BCUT2D eigenvalue weighted by molar-refractivity contribution is -0.118. The second kappa shape index (κ2) is 3.74. The van der Waals surface area contributed by atoms with Crippen molar-refractivity contribution in [2.24, 2.45) is 5.92 Å². The second-order valence-corrected chi connectivity index (χ2v) is 4.27. The molecule has 2 rings (SSSR count). The summed E-state index contributed by atoms with van der Waals surface area (Å²) in [4.78, 5) is 11.6. The van der Waals surface area contributed by atoms with E-state index in [-0.39, 0.29) is 11.8 Å². The first-order valence-corrected chi connectivity index (χ1v) is 5.31. The highest BCUT2D eigenvalue weighted by molar-refractivity contribution is 6.32. The lowest BCUT2D eigenvalue weighted by Crippen LogP contribution is -2.22. The Labute approximate surface area is 93.8 Å². The van der Waals surface area contributed by atoms with Crippen molar-refractivity contribution in [3.63, 3.8) is 0 Å². The van der Waals surface area contributed by atoms with Crippen molar-refractivity contribution in [1.82, 2.24) is 0 Å². The first-order chi connectivity index (χ1) is 7.09. The van der Waals surface area contributed by atoms with Crippen molar-refractivity contribution in [2.45, 2.75) is 13.8 Å². The van der Waals surface area contributed by atoms with E-state index in [1.54, 1.807) is 0 Å². The first kappa shape index (κ1) is 10.3. The normalized spacial score (nSPS) is 19.9. The molecule has 0 spiro atoms. The predicted molar refractivity (Wildman–Crippen MR) is 62.5 cm³/mol. The maximum absolute atomic E-state index is 11.6. The van der Waals surface area contributed by atoms with E-state index in [9.17, 15) is 4.79 Å². The van der Waals surface area contributed by atoms with E-state index in [4.69, 9.17) is 11.6 Å². The first-order valence-electron chi connectivity index (χ1n) is 4.93. The van der Waals surface area contributed by atoms with Gasteiger partial charge in [0.2, 0.25) is 5.91 Å². The summed E-state index contributed by atoms with van der Waals surface area (Å²) in [6, 6.07) is 3.73. The third-order valence-corrected chi connectivity index (χ3v) is 3.10. The van der Waals surface area contributed by atoms with Crippen molar-refractivity contribution in [1.29, 1.82) is 0 Å². The van der Waals surface area contributed by atoms with E-state index < -0.39 is 0 Å². The second-order valence-electron chi connectivity index (χ2n) is 3.87. The third-order valence-electron chi connectivity index (χ3n) is 2.69. The smallest absolute Gasteiger partial charge is 0.229 e. The molecule has 80 valence electrons. The number of carbonyl (C=O) groups is 1. The van der Waals surface area contributed by atoms with Gasteiger partial charge in [-0.3, -0.25) is 4.79 Å². The summed E-state index contributed by atoms with van der Waals surface area (Å²) in [5.74, 6) is 0.00203. The summed E-state index contributed by atoms with van der Waals surface area (Å²) in [6.07, 6.45) is 0. The minimum Gasteiger partial charge on any atom is -0.383 e. The zero-order valence-corrected chi connectivity index (χ0v) is 9.48. The monoisotopic (exact) mass is 224 g/mol. The Morgan fingerprint density at radius 2 is 2.20 bits per heavy atom. The van der Waals surface area contributed by atoms with E-state index >= 15 is 0 Å². The van der Waals surface area contributed by atoms with Crippen LogP contribution in [0, 0.1) is 12.8 Å². The molecule has 0 radical (unpaired) electrons. The number of nitrogens with one attached hydrogen (secondary N) is 2. The van der Waals surface area contributed by atoms with Crippen molar-refractivity contribution in [3.05, 3.63) is 22.7 Å². The number of hydrogen-bond donors (Lipinski definition) is 2. The summed E-state index contributed by atoms with van der Waals surface area (Å²) in [6.45, 7) is 4.45. The van der Waals surface area contributed by atoms with Gasteiger partial charge in [-0.2, -0.15) is 0 Å². The number of carbonyl (C=O) groups excluding carboxylic acids is 1. The Hall–Kier alpha value is -1.22. The fourth-order valence-corrected chi connectivity index (χ4v) is 1.75. The molecule has 0 saturated carbocycles. The molecule has 1 heterocycles. The van der Waals surface area contributed by atoms with Crippen LogP contribution in [-0.4, -0.2) is 12.5 Å². The van der Waals surface area contributed by atoms with Crippen LogP contribution in [0.4, 0.5) is 11.4 Å². The zero-order valence-electron chi connectivity index (χ0n) is 8.73. The molecule has 4 heteroatoms. The van der Waals surface area contributed by atoms with Crippen LogP contribution in [0.5, 0.6) is 0 Å². The van der Waals surface area contributed by atoms with E-state index in [1.807, 2.05) is 26.0 Å². The molecule has 1 atom stereocenters. The van der Waals surface area contributed by atoms with E-state index in [0.717, 1.165) is 16.9 Å². The number of hydrogen-bond acceptors (Lipinski definition) is 2. The molecule has 1 aromatic carbocycles. The number of benzene rings is 1. The van der Waals surface area contributed by atoms with Gasteiger partial charge in [0.05, 0.1) is 17.3 Å². The Morgan fingerprint density at radius 1 is 1.47 bits per heavy atom. The van der Waals surface area contributed by atoms with Gasteiger partial charge in [0.15, 0.2) is 0 Å². The molecule has 1 aliphatic heterocycles. The Kier molecular flexibility index (Phi) is 2.57. The van der Waals surface area contributed by atoms with Gasteiger partial charge in [-0.1, -0.05) is 18.5 Å².